The second-order valence-electron chi connectivity index (χ2n) is 6.29. The van der Waals surface area contributed by atoms with Crippen molar-refractivity contribution in [1.29, 1.82) is 0 Å². The fourth-order valence-electron chi connectivity index (χ4n) is 2.77. The van der Waals surface area contributed by atoms with E-state index in [1.807, 2.05) is 50.4 Å². The van der Waals surface area contributed by atoms with E-state index in [2.05, 4.69) is 30.5 Å². The van der Waals surface area contributed by atoms with Crippen molar-refractivity contribution in [2.24, 2.45) is 0 Å². The van der Waals surface area contributed by atoms with Gasteiger partial charge in [-0.25, -0.2) is 4.98 Å². The van der Waals surface area contributed by atoms with Crippen LogP contribution < -0.4 is 5.32 Å². The van der Waals surface area contributed by atoms with Gasteiger partial charge in [0.25, 0.3) is 0 Å². The van der Waals surface area contributed by atoms with Gasteiger partial charge < -0.3 is 9.84 Å². The van der Waals surface area contributed by atoms with Gasteiger partial charge in [-0.3, -0.25) is 4.98 Å². The van der Waals surface area contributed by atoms with Crippen LogP contribution in [0, 0.1) is 20.8 Å². The van der Waals surface area contributed by atoms with Gasteiger partial charge >= 0.3 is 0 Å². The summed E-state index contributed by atoms with van der Waals surface area (Å²) in [5, 5.41) is 12.0. The van der Waals surface area contributed by atoms with Crippen molar-refractivity contribution in [3.05, 3.63) is 53.4 Å². The number of nitrogens with one attached hydrogen (secondary N) is 1. The Morgan fingerprint density at radius 3 is 2.65 bits per heavy atom. The van der Waals surface area contributed by atoms with Gasteiger partial charge in [0.15, 0.2) is 5.65 Å². The highest BCUT2D eigenvalue weighted by molar-refractivity contribution is 5.56. The lowest BCUT2D eigenvalue weighted by molar-refractivity contribution is 0.367. The highest BCUT2D eigenvalue weighted by Gasteiger charge is 2.18. The zero-order valence-electron chi connectivity index (χ0n) is 15.1. The number of nitrogens with zero attached hydrogens (tertiary/aromatic N) is 6. The molecule has 0 fully saturated rings. The van der Waals surface area contributed by atoms with Gasteiger partial charge in [-0.2, -0.15) is 14.6 Å². The largest absolute Gasteiger partial charge is 0.358 e. The van der Waals surface area contributed by atoms with E-state index < -0.39 is 0 Å². The third-order valence-electron chi connectivity index (χ3n) is 4.30. The first-order valence-electron chi connectivity index (χ1n) is 8.37. The average molecular weight is 349 g/mol. The van der Waals surface area contributed by atoms with Crippen LogP contribution in [-0.2, 0) is 0 Å². The molecule has 0 bridgehead atoms. The maximum atomic E-state index is 5.43. The lowest BCUT2D eigenvalue weighted by atomic mass is 10.2. The normalized spacial score (nSPS) is 12.5. The van der Waals surface area contributed by atoms with E-state index >= 15 is 0 Å². The Balaban J connectivity index is 1.65. The molecule has 1 atom stereocenters. The van der Waals surface area contributed by atoms with Gasteiger partial charge in [-0.1, -0.05) is 5.16 Å². The molecule has 0 saturated carbocycles. The summed E-state index contributed by atoms with van der Waals surface area (Å²) in [6.07, 6.45) is 3.40. The van der Waals surface area contributed by atoms with Crippen LogP contribution in [-0.4, -0.2) is 29.7 Å². The smallest absolute Gasteiger partial charge is 0.249 e. The molecule has 0 aromatic carbocycles. The topological polar surface area (TPSA) is 94.0 Å². The van der Waals surface area contributed by atoms with Crippen LogP contribution in [0.15, 0.2) is 35.1 Å². The van der Waals surface area contributed by atoms with Crippen molar-refractivity contribution in [2.45, 2.75) is 33.7 Å². The average Bonchev–Trinajstić information content (AvgIpc) is 3.23. The lowest BCUT2D eigenvalue weighted by Crippen LogP contribution is -2.11. The maximum Gasteiger partial charge on any atom is 0.249 e. The van der Waals surface area contributed by atoms with Gasteiger partial charge in [-0.15, -0.1) is 0 Å². The van der Waals surface area contributed by atoms with Gasteiger partial charge in [0.05, 0.1) is 5.69 Å². The maximum absolute atomic E-state index is 5.43. The predicted octanol–water partition coefficient (Wildman–Crippen LogP) is 3.27. The summed E-state index contributed by atoms with van der Waals surface area (Å²) >= 11 is 0. The monoisotopic (exact) mass is 349 g/mol. The number of pyridine rings is 1. The number of aryl methyl sites for hydroxylation is 3. The number of fused-ring (bicyclic) bond motifs is 1. The molecule has 0 aliphatic heterocycles. The van der Waals surface area contributed by atoms with Crippen molar-refractivity contribution < 1.29 is 4.52 Å². The first-order valence-corrected chi connectivity index (χ1v) is 8.37. The lowest BCUT2D eigenvalue weighted by Gasteiger charge is -2.13. The Labute approximate surface area is 150 Å². The number of rotatable bonds is 4. The fourth-order valence-corrected chi connectivity index (χ4v) is 2.77. The van der Waals surface area contributed by atoms with Crippen molar-refractivity contribution in [3.8, 4) is 11.4 Å². The molecule has 0 saturated heterocycles. The SMILES string of the molecule is Cc1cc(N[C@@H](C)c2nc(-c3ccncc3)no2)n2nc(C)c(C)c2n1. The third kappa shape index (κ3) is 2.79. The van der Waals surface area contributed by atoms with E-state index in [9.17, 15) is 0 Å². The van der Waals surface area contributed by atoms with Crippen molar-refractivity contribution in [2.75, 3.05) is 5.32 Å². The second-order valence-corrected chi connectivity index (χ2v) is 6.29. The van der Waals surface area contributed by atoms with Gasteiger partial charge in [0, 0.05) is 35.3 Å². The van der Waals surface area contributed by atoms with E-state index in [1.165, 1.54) is 0 Å². The molecule has 0 radical (unpaired) electrons. The van der Waals surface area contributed by atoms with E-state index in [-0.39, 0.29) is 6.04 Å². The zero-order chi connectivity index (χ0) is 18.3. The molecular weight excluding hydrogens is 330 g/mol. The summed E-state index contributed by atoms with van der Waals surface area (Å²) in [6, 6.07) is 5.46. The fraction of sp³-hybridized carbons (Fsp3) is 0.278. The van der Waals surface area contributed by atoms with Crippen LogP contribution >= 0.6 is 0 Å². The highest BCUT2D eigenvalue weighted by Crippen LogP contribution is 2.23. The number of hydrogen-bond acceptors (Lipinski definition) is 7. The molecule has 0 amide bonds. The molecule has 4 aromatic heterocycles. The Morgan fingerprint density at radius 1 is 1.12 bits per heavy atom. The molecule has 0 spiro atoms. The van der Waals surface area contributed by atoms with Gasteiger partial charge in [0.2, 0.25) is 11.7 Å². The first kappa shape index (κ1) is 16.2. The van der Waals surface area contributed by atoms with E-state index in [1.54, 1.807) is 12.4 Å². The molecule has 8 heteroatoms. The van der Waals surface area contributed by atoms with Crippen LogP contribution in [0.3, 0.4) is 0 Å². The third-order valence-corrected chi connectivity index (χ3v) is 4.30. The van der Waals surface area contributed by atoms with Crippen LogP contribution in [0.25, 0.3) is 17.0 Å². The number of anilines is 1. The minimum atomic E-state index is -0.187. The minimum absolute atomic E-state index is 0.187. The van der Waals surface area contributed by atoms with Crippen molar-refractivity contribution in [1.82, 2.24) is 29.7 Å². The highest BCUT2D eigenvalue weighted by atomic mass is 16.5. The molecular formula is C18H19N7O. The van der Waals surface area contributed by atoms with E-state index in [0.717, 1.165) is 34.0 Å². The molecule has 0 aliphatic rings. The molecule has 1 N–H and O–H groups in total. The van der Waals surface area contributed by atoms with Gasteiger partial charge in [-0.05, 0) is 39.8 Å². The van der Waals surface area contributed by atoms with Gasteiger partial charge in [0.1, 0.15) is 11.9 Å². The quantitative estimate of drug-likeness (QED) is 0.604. The zero-order valence-corrected chi connectivity index (χ0v) is 15.1. The molecule has 4 heterocycles. The van der Waals surface area contributed by atoms with E-state index in [0.29, 0.717) is 11.7 Å². The summed E-state index contributed by atoms with van der Waals surface area (Å²) in [5.74, 6) is 1.87. The Kier molecular flexibility index (Phi) is 3.87. The number of aromatic nitrogens is 6. The summed E-state index contributed by atoms with van der Waals surface area (Å²) in [7, 11) is 0. The van der Waals surface area contributed by atoms with Crippen LogP contribution in [0.5, 0.6) is 0 Å². The molecule has 0 aliphatic carbocycles. The second kappa shape index (κ2) is 6.21. The summed E-state index contributed by atoms with van der Waals surface area (Å²) in [5.41, 5.74) is 4.65. The Morgan fingerprint density at radius 2 is 1.88 bits per heavy atom. The summed E-state index contributed by atoms with van der Waals surface area (Å²) < 4.78 is 7.25. The standard InChI is InChI=1S/C18H19N7O/c1-10-9-15(25-17(20-10)11(2)12(3)23-25)21-13(4)18-22-16(24-26-18)14-5-7-19-8-6-14/h5-9,13,21H,1-4H3/t13-/m0/s1. The molecule has 4 aromatic rings. The number of hydrogen-bond donors (Lipinski definition) is 1. The van der Waals surface area contributed by atoms with Crippen molar-refractivity contribution in [3.63, 3.8) is 0 Å². The van der Waals surface area contributed by atoms with Crippen LogP contribution in [0.2, 0.25) is 0 Å². The minimum Gasteiger partial charge on any atom is -0.358 e. The predicted molar refractivity (Wildman–Crippen MR) is 96.8 cm³/mol. The van der Waals surface area contributed by atoms with Crippen LogP contribution in [0.4, 0.5) is 5.82 Å². The van der Waals surface area contributed by atoms with E-state index in [4.69, 9.17) is 4.52 Å². The molecule has 132 valence electrons. The summed E-state index contributed by atoms with van der Waals surface area (Å²) in [6.45, 7) is 7.93. The molecule has 26 heavy (non-hydrogen) atoms. The molecule has 8 nitrogen and oxygen atoms in total. The van der Waals surface area contributed by atoms with Crippen LogP contribution in [0.1, 0.15) is 35.8 Å². The molecule has 4 rings (SSSR count). The van der Waals surface area contributed by atoms with Crippen molar-refractivity contribution >= 4 is 11.5 Å². The Bertz CT molecular complexity index is 1070. The first-order chi connectivity index (χ1) is 12.5. The molecule has 0 unspecified atom stereocenters. The summed E-state index contributed by atoms with van der Waals surface area (Å²) in [4.78, 5) is 13.1. The Hall–Kier alpha value is -3.29.